The number of fused-ring (bicyclic) bond motifs is 7. The van der Waals surface area contributed by atoms with Gasteiger partial charge in [-0.3, -0.25) is 0 Å². The molecule has 314 valence electrons. The van der Waals surface area contributed by atoms with Crippen molar-refractivity contribution >= 4 is 81.3 Å². The Bertz CT molecular complexity index is 3950. The van der Waals surface area contributed by atoms with Crippen LogP contribution in [-0.4, -0.2) is 0 Å². The molecule has 13 aromatic rings. The summed E-state index contributed by atoms with van der Waals surface area (Å²) < 4.78 is 8.90. The highest BCUT2D eigenvalue weighted by Gasteiger charge is 2.17. The van der Waals surface area contributed by atoms with E-state index >= 15 is 0 Å². The Morgan fingerprint density at radius 1 is 0.284 bits per heavy atom. The highest BCUT2D eigenvalue weighted by molar-refractivity contribution is 7.25. The number of anilines is 3. The molecule has 2 aromatic heterocycles. The van der Waals surface area contributed by atoms with Crippen LogP contribution in [0, 0.1) is 0 Å². The summed E-state index contributed by atoms with van der Waals surface area (Å²) in [5.41, 5.74) is 17.0. The number of hydrogen-bond donors (Lipinski definition) is 0. The van der Waals surface area contributed by atoms with Crippen LogP contribution in [0.3, 0.4) is 0 Å². The zero-order chi connectivity index (χ0) is 44.3. The highest BCUT2D eigenvalue weighted by atomic mass is 32.1. The minimum atomic E-state index is 0.900. The molecular formula is C64H41NOS. The van der Waals surface area contributed by atoms with Crippen molar-refractivity contribution < 1.29 is 4.42 Å². The van der Waals surface area contributed by atoms with E-state index in [2.05, 4.69) is 241 Å². The summed E-state index contributed by atoms with van der Waals surface area (Å²) >= 11 is 1.86. The number of rotatable bonds is 8. The van der Waals surface area contributed by atoms with E-state index in [0.29, 0.717) is 0 Å². The number of furan rings is 1. The smallest absolute Gasteiger partial charge is 0.136 e. The van der Waals surface area contributed by atoms with Gasteiger partial charge in [0, 0.05) is 48.0 Å². The Hall–Kier alpha value is -8.50. The first-order valence-electron chi connectivity index (χ1n) is 22.8. The van der Waals surface area contributed by atoms with Crippen molar-refractivity contribution in [2.75, 3.05) is 4.90 Å². The Morgan fingerprint density at radius 3 is 1.48 bits per heavy atom. The molecule has 2 heterocycles. The lowest BCUT2D eigenvalue weighted by Crippen LogP contribution is -2.09. The molecule has 0 atom stereocenters. The number of benzene rings is 11. The first kappa shape index (κ1) is 38.9. The van der Waals surface area contributed by atoms with Crippen molar-refractivity contribution in [2.45, 2.75) is 0 Å². The average molecular weight is 872 g/mol. The SMILES string of the molecule is c1cc(-c2ccc(-c3ccc(N(c4ccc(-c5ccc6sc7ccccc7c6c5)cc4)c4ccc(-c5cccc6oc7ccccc7c56)cc4)cc3)cc2)cc(-c2ccc3ccccc3c2)c1. The number of hydrogen-bond acceptors (Lipinski definition) is 3. The fourth-order valence-electron chi connectivity index (χ4n) is 9.87. The van der Waals surface area contributed by atoms with Gasteiger partial charge in [0.1, 0.15) is 11.2 Å². The minimum absolute atomic E-state index is 0.900. The zero-order valence-electron chi connectivity index (χ0n) is 36.4. The first-order chi connectivity index (χ1) is 33.2. The minimum Gasteiger partial charge on any atom is -0.456 e. The van der Waals surface area contributed by atoms with E-state index in [9.17, 15) is 0 Å². The van der Waals surface area contributed by atoms with Crippen LogP contribution in [-0.2, 0) is 0 Å². The Kier molecular flexibility index (Phi) is 9.40. The lowest BCUT2D eigenvalue weighted by atomic mass is 9.96. The van der Waals surface area contributed by atoms with Crippen molar-refractivity contribution in [3.8, 4) is 55.6 Å². The number of para-hydroxylation sites is 1. The molecule has 11 aromatic carbocycles. The molecule has 0 aliphatic rings. The van der Waals surface area contributed by atoms with Gasteiger partial charge in [-0.1, -0.05) is 170 Å². The van der Waals surface area contributed by atoms with E-state index in [-0.39, 0.29) is 0 Å². The third-order valence-electron chi connectivity index (χ3n) is 13.3. The first-order valence-corrected chi connectivity index (χ1v) is 23.6. The molecule has 0 spiro atoms. The van der Waals surface area contributed by atoms with Gasteiger partial charge >= 0.3 is 0 Å². The van der Waals surface area contributed by atoms with Gasteiger partial charge < -0.3 is 9.32 Å². The van der Waals surface area contributed by atoms with Crippen LogP contribution < -0.4 is 4.90 Å². The summed E-state index contributed by atoms with van der Waals surface area (Å²) in [4.78, 5) is 2.35. The summed E-state index contributed by atoms with van der Waals surface area (Å²) in [5, 5.41) is 7.41. The molecule has 0 aliphatic heterocycles. The number of thiophene rings is 1. The molecule has 0 aliphatic carbocycles. The van der Waals surface area contributed by atoms with Gasteiger partial charge in [-0.15, -0.1) is 11.3 Å². The molecule has 0 unspecified atom stereocenters. The van der Waals surface area contributed by atoms with Crippen molar-refractivity contribution in [3.05, 3.63) is 249 Å². The molecular weight excluding hydrogens is 831 g/mol. The standard InChI is InChI=1S/C64H41NOS/c1-2-10-48-40-51(24-23-42(48)9-1)50-12-7-11-49(39-50)45-21-19-43(20-22-45)44-25-32-53(33-26-44)65(54-34-27-46(28-35-54)52-31-38-63-59(41-52)57-13-4-6-18-62(57)67-63)55-36-29-47(30-37-55)56-15-8-17-61-64(56)58-14-3-5-16-60(58)66-61/h1-41H. The van der Waals surface area contributed by atoms with E-state index in [1.807, 2.05) is 23.5 Å². The zero-order valence-corrected chi connectivity index (χ0v) is 37.3. The molecule has 13 rings (SSSR count). The van der Waals surface area contributed by atoms with Crippen LogP contribution in [0.2, 0.25) is 0 Å². The van der Waals surface area contributed by atoms with Crippen LogP contribution >= 0.6 is 11.3 Å². The van der Waals surface area contributed by atoms with E-state index < -0.39 is 0 Å². The summed E-state index contributed by atoms with van der Waals surface area (Å²) in [7, 11) is 0. The van der Waals surface area contributed by atoms with E-state index in [4.69, 9.17) is 4.42 Å². The Balaban J connectivity index is 0.830. The fraction of sp³-hybridized carbons (Fsp3) is 0. The molecule has 0 saturated carbocycles. The molecule has 3 heteroatoms. The number of nitrogens with zero attached hydrogens (tertiary/aromatic N) is 1. The summed E-state index contributed by atoms with van der Waals surface area (Å²) in [5.74, 6) is 0. The van der Waals surface area contributed by atoms with Gasteiger partial charge in [-0.2, -0.15) is 0 Å². The van der Waals surface area contributed by atoms with E-state index in [0.717, 1.165) is 50.1 Å². The molecule has 0 saturated heterocycles. The van der Waals surface area contributed by atoms with E-state index in [1.54, 1.807) is 0 Å². The molecule has 0 amide bonds. The van der Waals surface area contributed by atoms with Crippen molar-refractivity contribution in [2.24, 2.45) is 0 Å². The molecule has 2 nitrogen and oxygen atoms in total. The Labute approximate surface area is 392 Å². The molecule has 0 fully saturated rings. The topological polar surface area (TPSA) is 16.4 Å². The maximum atomic E-state index is 6.26. The van der Waals surface area contributed by atoms with Gasteiger partial charge in [-0.25, -0.2) is 0 Å². The van der Waals surface area contributed by atoms with Gasteiger partial charge in [0.05, 0.1) is 0 Å². The quantitative estimate of drug-likeness (QED) is 0.151. The van der Waals surface area contributed by atoms with Crippen LogP contribution in [0.15, 0.2) is 253 Å². The normalized spacial score (nSPS) is 11.6. The van der Waals surface area contributed by atoms with Crippen LogP contribution in [0.5, 0.6) is 0 Å². The van der Waals surface area contributed by atoms with Gasteiger partial charge in [0.15, 0.2) is 0 Å². The monoisotopic (exact) mass is 871 g/mol. The third kappa shape index (κ3) is 7.05. The maximum Gasteiger partial charge on any atom is 0.136 e. The van der Waals surface area contributed by atoms with Crippen molar-refractivity contribution in [1.82, 2.24) is 0 Å². The van der Waals surface area contributed by atoms with Crippen LogP contribution in [0.1, 0.15) is 0 Å². The van der Waals surface area contributed by atoms with Crippen molar-refractivity contribution in [3.63, 3.8) is 0 Å². The summed E-state index contributed by atoms with van der Waals surface area (Å²) in [6, 6.07) is 90.2. The predicted octanol–water partition coefficient (Wildman–Crippen LogP) is 18.9. The largest absolute Gasteiger partial charge is 0.456 e. The highest BCUT2D eigenvalue weighted by Crippen LogP contribution is 2.42. The van der Waals surface area contributed by atoms with Crippen LogP contribution in [0.25, 0.3) is 109 Å². The second kappa shape index (κ2) is 16.2. The summed E-state index contributed by atoms with van der Waals surface area (Å²) in [6.45, 7) is 0. The maximum absolute atomic E-state index is 6.26. The second-order valence-corrected chi connectivity index (χ2v) is 18.4. The van der Waals surface area contributed by atoms with Crippen LogP contribution in [0.4, 0.5) is 17.1 Å². The average Bonchev–Trinajstić information content (AvgIpc) is 3.98. The van der Waals surface area contributed by atoms with Crippen molar-refractivity contribution in [1.29, 1.82) is 0 Å². The molecule has 0 N–H and O–H groups in total. The fourth-order valence-corrected chi connectivity index (χ4v) is 11.0. The van der Waals surface area contributed by atoms with Gasteiger partial charge in [0.25, 0.3) is 0 Å². The lowest BCUT2D eigenvalue weighted by molar-refractivity contribution is 0.669. The Morgan fingerprint density at radius 2 is 0.761 bits per heavy atom. The molecule has 0 bridgehead atoms. The van der Waals surface area contributed by atoms with Gasteiger partial charge in [0.2, 0.25) is 0 Å². The second-order valence-electron chi connectivity index (χ2n) is 17.3. The third-order valence-corrected chi connectivity index (χ3v) is 14.4. The molecule has 0 radical (unpaired) electrons. The van der Waals surface area contributed by atoms with E-state index in [1.165, 1.54) is 75.5 Å². The predicted molar refractivity (Wildman–Crippen MR) is 286 cm³/mol. The molecule has 67 heavy (non-hydrogen) atoms. The van der Waals surface area contributed by atoms with Gasteiger partial charge in [-0.05, 0) is 145 Å². The lowest BCUT2D eigenvalue weighted by Gasteiger charge is -2.26. The summed E-state index contributed by atoms with van der Waals surface area (Å²) in [6.07, 6.45) is 0.